The first-order valence-corrected chi connectivity index (χ1v) is 9.13. The van der Waals surface area contributed by atoms with Gasteiger partial charge >= 0.3 is 6.09 Å². The molecular weight excluding hydrogens is 316 g/mol. The summed E-state index contributed by atoms with van der Waals surface area (Å²) in [7, 11) is 0. The van der Waals surface area contributed by atoms with Crippen molar-refractivity contribution in [3.8, 4) is 0 Å². The number of nitrogens with zero attached hydrogens (tertiary/aromatic N) is 2. The van der Waals surface area contributed by atoms with Crippen LogP contribution in [-0.4, -0.2) is 42.1 Å². The Bertz CT molecular complexity index is 580. The SMILES string of the molecule is CCC(=O)N(C[C@@H]1CCCN(C(=O)OC(C)(C)C)C1)c1ccccc1. The first-order valence-electron chi connectivity index (χ1n) is 9.13. The van der Waals surface area contributed by atoms with Crippen LogP contribution in [0.5, 0.6) is 0 Å². The zero-order valence-corrected chi connectivity index (χ0v) is 15.8. The smallest absolute Gasteiger partial charge is 0.410 e. The van der Waals surface area contributed by atoms with Gasteiger partial charge in [-0.2, -0.15) is 0 Å². The molecule has 0 bridgehead atoms. The van der Waals surface area contributed by atoms with Gasteiger partial charge in [0.1, 0.15) is 5.60 Å². The van der Waals surface area contributed by atoms with E-state index in [1.807, 2.05) is 62.9 Å². The molecule has 1 heterocycles. The quantitative estimate of drug-likeness (QED) is 0.825. The second kappa shape index (κ2) is 8.37. The first kappa shape index (κ1) is 19.3. The van der Waals surface area contributed by atoms with Crippen LogP contribution in [0.3, 0.4) is 0 Å². The minimum absolute atomic E-state index is 0.112. The largest absolute Gasteiger partial charge is 0.444 e. The Morgan fingerprint density at radius 2 is 1.92 bits per heavy atom. The van der Waals surface area contributed by atoms with E-state index in [1.54, 1.807) is 4.90 Å². The van der Waals surface area contributed by atoms with Crippen LogP contribution < -0.4 is 4.90 Å². The Morgan fingerprint density at radius 3 is 2.52 bits per heavy atom. The fourth-order valence-electron chi connectivity index (χ4n) is 3.11. The van der Waals surface area contributed by atoms with Crippen molar-refractivity contribution < 1.29 is 14.3 Å². The zero-order chi connectivity index (χ0) is 18.4. The summed E-state index contributed by atoms with van der Waals surface area (Å²) in [4.78, 5) is 28.4. The average Bonchev–Trinajstić information content (AvgIpc) is 2.58. The molecule has 2 rings (SSSR count). The van der Waals surface area contributed by atoms with E-state index in [2.05, 4.69) is 0 Å². The molecule has 0 unspecified atom stereocenters. The van der Waals surface area contributed by atoms with Crippen LogP contribution >= 0.6 is 0 Å². The topological polar surface area (TPSA) is 49.9 Å². The van der Waals surface area contributed by atoms with Gasteiger partial charge in [-0.1, -0.05) is 25.1 Å². The van der Waals surface area contributed by atoms with Crippen molar-refractivity contribution in [3.63, 3.8) is 0 Å². The second-order valence-corrected chi connectivity index (χ2v) is 7.63. The summed E-state index contributed by atoms with van der Waals surface area (Å²) in [5.74, 6) is 0.373. The molecule has 1 atom stereocenters. The van der Waals surface area contributed by atoms with Crippen LogP contribution in [0, 0.1) is 5.92 Å². The van der Waals surface area contributed by atoms with Crippen LogP contribution in [-0.2, 0) is 9.53 Å². The summed E-state index contributed by atoms with van der Waals surface area (Å²) in [6.07, 6.45) is 2.16. The minimum atomic E-state index is -0.488. The molecule has 1 aromatic rings. The van der Waals surface area contributed by atoms with E-state index in [4.69, 9.17) is 4.74 Å². The van der Waals surface area contributed by atoms with Crippen LogP contribution in [0.15, 0.2) is 30.3 Å². The molecule has 1 fully saturated rings. The van der Waals surface area contributed by atoms with Crippen molar-refractivity contribution in [2.75, 3.05) is 24.5 Å². The highest BCUT2D eigenvalue weighted by atomic mass is 16.6. The molecule has 1 saturated heterocycles. The van der Waals surface area contributed by atoms with Gasteiger partial charge in [-0.05, 0) is 51.7 Å². The van der Waals surface area contributed by atoms with Gasteiger partial charge in [-0.3, -0.25) is 4.79 Å². The number of hydrogen-bond donors (Lipinski definition) is 0. The average molecular weight is 346 g/mol. The van der Waals surface area contributed by atoms with Crippen molar-refractivity contribution in [1.29, 1.82) is 0 Å². The van der Waals surface area contributed by atoms with Gasteiger partial charge in [-0.15, -0.1) is 0 Å². The summed E-state index contributed by atoms with van der Waals surface area (Å²) < 4.78 is 5.49. The van der Waals surface area contributed by atoms with Crippen LogP contribution in [0.2, 0.25) is 0 Å². The summed E-state index contributed by atoms with van der Waals surface area (Å²) >= 11 is 0. The number of anilines is 1. The molecule has 0 spiro atoms. The van der Waals surface area contributed by atoms with Gasteiger partial charge < -0.3 is 14.5 Å². The fourth-order valence-corrected chi connectivity index (χ4v) is 3.11. The molecule has 0 aliphatic carbocycles. The number of likely N-dealkylation sites (tertiary alicyclic amines) is 1. The van der Waals surface area contributed by atoms with E-state index >= 15 is 0 Å². The van der Waals surface area contributed by atoms with Gasteiger partial charge in [0, 0.05) is 31.7 Å². The van der Waals surface area contributed by atoms with Gasteiger partial charge in [-0.25, -0.2) is 4.79 Å². The Labute approximate surface area is 150 Å². The van der Waals surface area contributed by atoms with E-state index in [1.165, 1.54) is 0 Å². The summed E-state index contributed by atoms with van der Waals surface area (Å²) in [6, 6.07) is 9.76. The van der Waals surface area contributed by atoms with Crippen LogP contribution in [0.25, 0.3) is 0 Å². The van der Waals surface area contributed by atoms with E-state index in [9.17, 15) is 9.59 Å². The molecule has 138 valence electrons. The van der Waals surface area contributed by atoms with E-state index in [0.29, 0.717) is 19.5 Å². The number of ether oxygens (including phenoxy) is 1. The lowest BCUT2D eigenvalue weighted by Crippen LogP contribution is -2.46. The molecule has 0 saturated carbocycles. The zero-order valence-electron chi connectivity index (χ0n) is 15.8. The van der Waals surface area contributed by atoms with Crippen molar-refractivity contribution in [2.24, 2.45) is 5.92 Å². The van der Waals surface area contributed by atoms with Gasteiger partial charge in [0.25, 0.3) is 0 Å². The lowest BCUT2D eigenvalue weighted by Gasteiger charge is -2.36. The highest BCUT2D eigenvalue weighted by molar-refractivity contribution is 5.93. The molecule has 5 heteroatoms. The molecule has 25 heavy (non-hydrogen) atoms. The molecule has 0 radical (unpaired) electrons. The van der Waals surface area contributed by atoms with Crippen molar-refractivity contribution in [3.05, 3.63) is 30.3 Å². The summed E-state index contributed by atoms with van der Waals surface area (Å²) in [6.45, 7) is 9.51. The Morgan fingerprint density at radius 1 is 1.24 bits per heavy atom. The first-order chi connectivity index (χ1) is 11.8. The Hall–Kier alpha value is -2.04. The normalized spacial score (nSPS) is 17.9. The monoisotopic (exact) mass is 346 g/mol. The highest BCUT2D eigenvalue weighted by Crippen LogP contribution is 2.23. The number of rotatable bonds is 4. The number of hydrogen-bond acceptors (Lipinski definition) is 3. The van der Waals surface area contributed by atoms with Crippen LogP contribution in [0.1, 0.15) is 47.0 Å². The predicted octanol–water partition coefficient (Wildman–Crippen LogP) is 4.08. The Balaban J connectivity index is 2.04. The maximum atomic E-state index is 12.4. The van der Waals surface area contributed by atoms with Crippen molar-refractivity contribution in [1.82, 2.24) is 4.90 Å². The van der Waals surface area contributed by atoms with Crippen molar-refractivity contribution in [2.45, 2.75) is 52.6 Å². The number of amides is 2. The minimum Gasteiger partial charge on any atom is -0.444 e. The molecule has 1 aliphatic heterocycles. The maximum Gasteiger partial charge on any atom is 0.410 e. The number of carbonyl (C=O) groups excluding carboxylic acids is 2. The number of carbonyl (C=O) groups is 2. The third-order valence-corrected chi connectivity index (χ3v) is 4.28. The second-order valence-electron chi connectivity index (χ2n) is 7.63. The number of benzene rings is 1. The molecule has 1 aliphatic rings. The van der Waals surface area contributed by atoms with Gasteiger partial charge in [0.05, 0.1) is 0 Å². The number of para-hydroxylation sites is 1. The van der Waals surface area contributed by atoms with Crippen LogP contribution in [0.4, 0.5) is 10.5 Å². The standard InChI is InChI=1S/C20H30N2O3/c1-5-18(23)22(17-11-7-6-8-12-17)15-16-10-9-13-21(14-16)19(24)25-20(2,3)4/h6-8,11-12,16H,5,9-10,13-15H2,1-4H3/t16-/m1/s1. The molecule has 1 aromatic carbocycles. The number of piperidine rings is 1. The summed E-state index contributed by atoms with van der Waals surface area (Å²) in [5.41, 5.74) is 0.432. The third kappa shape index (κ3) is 5.76. The summed E-state index contributed by atoms with van der Waals surface area (Å²) in [5, 5.41) is 0. The Kier molecular flexibility index (Phi) is 6.45. The molecule has 5 nitrogen and oxygen atoms in total. The van der Waals surface area contributed by atoms with E-state index in [-0.39, 0.29) is 17.9 Å². The lowest BCUT2D eigenvalue weighted by atomic mass is 9.97. The predicted molar refractivity (Wildman–Crippen MR) is 99.6 cm³/mol. The van der Waals surface area contributed by atoms with Gasteiger partial charge in [0.2, 0.25) is 5.91 Å². The molecule has 0 aromatic heterocycles. The van der Waals surface area contributed by atoms with E-state index in [0.717, 1.165) is 25.1 Å². The van der Waals surface area contributed by atoms with Gasteiger partial charge in [0.15, 0.2) is 0 Å². The molecule has 2 amide bonds. The van der Waals surface area contributed by atoms with Crippen molar-refractivity contribution >= 4 is 17.7 Å². The fraction of sp³-hybridized carbons (Fsp3) is 0.600. The lowest BCUT2D eigenvalue weighted by molar-refractivity contribution is -0.118. The highest BCUT2D eigenvalue weighted by Gasteiger charge is 2.29. The molecular formula is C20H30N2O3. The maximum absolute atomic E-state index is 12.4. The molecule has 0 N–H and O–H groups in total. The van der Waals surface area contributed by atoms with E-state index < -0.39 is 5.60 Å². The third-order valence-electron chi connectivity index (χ3n) is 4.28.